The SMILES string of the molecule is CCn1c(CC=O)cc2ccccc21. The van der Waals surface area contributed by atoms with Crippen LogP contribution < -0.4 is 0 Å². The van der Waals surface area contributed by atoms with Crippen LogP contribution >= 0.6 is 0 Å². The standard InChI is InChI=1S/C12H13NO/c1-2-13-11(7-8-14)9-10-5-3-4-6-12(10)13/h3-6,8-9H,2,7H2,1H3. The zero-order chi connectivity index (χ0) is 9.97. The molecule has 1 aromatic heterocycles. The van der Waals surface area contributed by atoms with E-state index in [-0.39, 0.29) is 0 Å². The number of para-hydroxylation sites is 1. The maximum absolute atomic E-state index is 10.5. The van der Waals surface area contributed by atoms with Crippen LogP contribution in [0.1, 0.15) is 12.6 Å². The van der Waals surface area contributed by atoms with E-state index < -0.39 is 0 Å². The molecule has 0 fully saturated rings. The molecule has 0 aliphatic heterocycles. The van der Waals surface area contributed by atoms with Gasteiger partial charge in [0.1, 0.15) is 6.29 Å². The first-order valence-electron chi connectivity index (χ1n) is 4.87. The van der Waals surface area contributed by atoms with Crippen molar-refractivity contribution in [3.05, 3.63) is 36.0 Å². The molecule has 0 N–H and O–H groups in total. The van der Waals surface area contributed by atoms with Gasteiger partial charge in [-0.05, 0) is 24.4 Å². The lowest BCUT2D eigenvalue weighted by atomic mass is 10.2. The van der Waals surface area contributed by atoms with Crippen molar-refractivity contribution in [2.24, 2.45) is 0 Å². The monoisotopic (exact) mass is 187 g/mol. The van der Waals surface area contributed by atoms with Crippen molar-refractivity contribution in [1.29, 1.82) is 0 Å². The highest BCUT2D eigenvalue weighted by Crippen LogP contribution is 2.19. The zero-order valence-corrected chi connectivity index (χ0v) is 8.23. The van der Waals surface area contributed by atoms with Crippen molar-refractivity contribution in [1.82, 2.24) is 4.57 Å². The van der Waals surface area contributed by atoms with Crippen LogP contribution in [-0.2, 0) is 17.8 Å². The maximum atomic E-state index is 10.5. The van der Waals surface area contributed by atoms with Crippen LogP contribution in [0, 0.1) is 0 Å². The first-order valence-corrected chi connectivity index (χ1v) is 4.87. The quantitative estimate of drug-likeness (QED) is 0.676. The molecule has 14 heavy (non-hydrogen) atoms. The maximum Gasteiger partial charge on any atom is 0.125 e. The number of nitrogens with zero attached hydrogens (tertiary/aromatic N) is 1. The summed E-state index contributed by atoms with van der Waals surface area (Å²) in [6, 6.07) is 10.3. The van der Waals surface area contributed by atoms with E-state index in [1.54, 1.807) is 0 Å². The summed E-state index contributed by atoms with van der Waals surface area (Å²) in [6.45, 7) is 3.01. The molecule has 2 heteroatoms. The minimum absolute atomic E-state index is 0.503. The third-order valence-electron chi connectivity index (χ3n) is 2.51. The number of aryl methyl sites for hydroxylation is 1. The van der Waals surface area contributed by atoms with E-state index in [4.69, 9.17) is 0 Å². The molecule has 0 unspecified atom stereocenters. The molecular formula is C12H13NO. The summed E-state index contributed by atoms with van der Waals surface area (Å²) >= 11 is 0. The van der Waals surface area contributed by atoms with E-state index in [9.17, 15) is 4.79 Å². The Bertz CT molecular complexity index is 456. The smallest absolute Gasteiger partial charge is 0.125 e. The van der Waals surface area contributed by atoms with Crippen molar-refractivity contribution in [2.45, 2.75) is 19.9 Å². The summed E-state index contributed by atoms with van der Waals surface area (Å²) in [5.74, 6) is 0. The number of aldehydes is 1. The van der Waals surface area contributed by atoms with E-state index in [0.717, 1.165) is 18.5 Å². The summed E-state index contributed by atoms with van der Waals surface area (Å²) in [6.07, 6.45) is 1.46. The molecule has 0 aliphatic carbocycles. The first kappa shape index (κ1) is 9.00. The van der Waals surface area contributed by atoms with Gasteiger partial charge in [-0.2, -0.15) is 0 Å². The zero-order valence-electron chi connectivity index (χ0n) is 8.23. The number of aromatic nitrogens is 1. The summed E-state index contributed by atoms with van der Waals surface area (Å²) in [5.41, 5.74) is 2.32. The fourth-order valence-corrected chi connectivity index (χ4v) is 1.90. The molecule has 0 bridgehead atoms. The Balaban J connectivity index is 2.65. The molecule has 0 amide bonds. The average molecular weight is 187 g/mol. The van der Waals surface area contributed by atoms with Gasteiger partial charge in [-0.25, -0.2) is 0 Å². The molecule has 2 rings (SSSR count). The van der Waals surface area contributed by atoms with Gasteiger partial charge in [-0.3, -0.25) is 0 Å². The molecule has 0 spiro atoms. The normalized spacial score (nSPS) is 10.6. The fraction of sp³-hybridized carbons (Fsp3) is 0.250. The third-order valence-corrected chi connectivity index (χ3v) is 2.51. The molecule has 0 saturated carbocycles. The highest BCUT2D eigenvalue weighted by Gasteiger charge is 2.05. The molecule has 2 nitrogen and oxygen atoms in total. The molecule has 0 radical (unpaired) electrons. The number of benzene rings is 1. The second-order valence-electron chi connectivity index (χ2n) is 3.31. The summed E-state index contributed by atoms with van der Waals surface area (Å²) in [5, 5.41) is 1.21. The van der Waals surface area contributed by atoms with Gasteiger partial charge in [-0.1, -0.05) is 18.2 Å². The molecule has 2 aromatic rings. The Morgan fingerprint density at radius 2 is 2.14 bits per heavy atom. The topological polar surface area (TPSA) is 22.0 Å². The summed E-state index contributed by atoms with van der Waals surface area (Å²) in [4.78, 5) is 10.5. The van der Waals surface area contributed by atoms with E-state index in [2.05, 4.69) is 29.7 Å². The Morgan fingerprint density at radius 3 is 2.86 bits per heavy atom. The number of rotatable bonds is 3. The predicted molar refractivity (Wildman–Crippen MR) is 57.4 cm³/mol. The minimum Gasteiger partial charge on any atom is -0.344 e. The molecule has 1 aromatic carbocycles. The lowest BCUT2D eigenvalue weighted by Crippen LogP contribution is -2.00. The number of carbonyl (C=O) groups excluding carboxylic acids is 1. The highest BCUT2D eigenvalue weighted by molar-refractivity contribution is 5.82. The second-order valence-corrected chi connectivity index (χ2v) is 3.31. The number of hydrogen-bond acceptors (Lipinski definition) is 1. The van der Waals surface area contributed by atoms with Crippen LogP contribution in [0.4, 0.5) is 0 Å². The van der Waals surface area contributed by atoms with E-state index in [1.807, 2.05) is 12.1 Å². The highest BCUT2D eigenvalue weighted by atomic mass is 16.1. The van der Waals surface area contributed by atoms with Crippen LogP contribution in [0.5, 0.6) is 0 Å². The Kier molecular flexibility index (Phi) is 2.35. The van der Waals surface area contributed by atoms with Gasteiger partial charge < -0.3 is 9.36 Å². The summed E-state index contributed by atoms with van der Waals surface area (Å²) < 4.78 is 2.18. The number of hydrogen-bond donors (Lipinski definition) is 0. The van der Waals surface area contributed by atoms with Crippen molar-refractivity contribution < 1.29 is 4.79 Å². The van der Waals surface area contributed by atoms with E-state index in [1.165, 1.54) is 10.9 Å². The molecule has 1 heterocycles. The van der Waals surface area contributed by atoms with Crippen molar-refractivity contribution in [2.75, 3.05) is 0 Å². The Labute approximate surface area is 83.2 Å². The Morgan fingerprint density at radius 1 is 1.36 bits per heavy atom. The van der Waals surface area contributed by atoms with Gasteiger partial charge in [0.15, 0.2) is 0 Å². The molecular weight excluding hydrogens is 174 g/mol. The van der Waals surface area contributed by atoms with Gasteiger partial charge >= 0.3 is 0 Å². The molecule has 72 valence electrons. The molecule has 0 atom stereocenters. The van der Waals surface area contributed by atoms with Gasteiger partial charge in [0, 0.05) is 24.2 Å². The summed E-state index contributed by atoms with van der Waals surface area (Å²) in [7, 11) is 0. The van der Waals surface area contributed by atoms with Gasteiger partial charge in [0.2, 0.25) is 0 Å². The molecule has 0 saturated heterocycles. The second kappa shape index (κ2) is 3.66. The van der Waals surface area contributed by atoms with Crippen LogP contribution in [0.25, 0.3) is 10.9 Å². The van der Waals surface area contributed by atoms with Crippen molar-refractivity contribution in [3.8, 4) is 0 Å². The average Bonchev–Trinajstić information content (AvgIpc) is 2.55. The van der Waals surface area contributed by atoms with E-state index >= 15 is 0 Å². The minimum atomic E-state index is 0.503. The van der Waals surface area contributed by atoms with Crippen LogP contribution in [-0.4, -0.2) is 10.9 Å². The van der Waals surface area contributed by atoms with Crippen LogP contribution in [0.15, 0.2) is 30.3 Å². The third kappa shape index (κ3) is 1.33. The Hall–Kier alpha value is -1.57. The number of fused-ring (bicyclic) bond motifs is 1. The van der Waals surface area contributed by atoms with Crippen LogP contribution in [0.3, 0.4) is 0 Å². The van der Waals surface area contributed by atoms with E-state index in [0.29, 0.717) is 6.42 Å². The van der Waals surface area contributed by atoms with Gasteiger partial charge in [0.05, 0.1) is 0 Å². The van der Waals surface area contributed by atoms with Crippen LogP contribution in [0.2, 0.25) is 0 Å². The molecule has 0 aliphatic rings. The fourth-order valence-electron chi connectivity index (χ4n) is 1.90. The van der Waals surface area contributed by atoms with Crippen molar-refractivity contribution in [3.63, 3.8) is 0 Å². The van der Waals surface area contributed by atoms with Crippen molar-refractivity contribution >= 4 is 17.2 Å². The lowest BCUT2D eigenvalue weighted by Gasteiger charge is -2.04. The van der Waals surface area contributed by atoms with Gasteiger partial charge in [0.25, 0.3) is 0 Å². The van der Waals surface area contributed by atoms with Gasteiger partial charge in [-0.15, -0.1) is 0 Å². The first-order chi connectivity index (χ1) is 6.86. The lowest BCUT2D eigenvalue weighted by molar-refractivity contribution is -0.107. The predicted octanol–water partition coefficient (Wildman–Crippen LogP) is 2.40. The largest absolute Gasteiger partial charge is 0.344 e. The number of carbonyl (C=O) groups is 1.